The first kappa shape index (κ1) is 31.6. The molecule has 0 fully saturated rings. The second-order valence-corrected chi connectivity index (χ2v) is 15.2. The fourth-order valence-electron chi connectivity index (χ4n) is 8.21. The molecule has 0 bridgehead atoms. The number of hydrogen-bond acceptors (Lipinski definition) is 3. The van der Waals surface area contributed by atoms with Crippen LogP contribution in [0.15, 0.2) is 205 Å². The van der Waals surface area contributed by atoms with Gasteiger partial charge in [-0.15, -0.1) is 11.3 Å². The first-order chi connectivity index (χ1) is 27.2. The maximum Gasteiger partial charge on any atom is 0.136 e. The van der Waals surface area contributed by atoms with Crippen molar-refractivity contribution in [1.29, 1.82) is 0 Å². The van der Waals surface area contributed by atoms with Crippen molar-refractivity contribution in [2.75, 3.05) is 4.90 Å². The van der Waals surface area contributed by atoms with Crippen LogP contribution in [-0.4, -0.2) is 0 Å². The molecule has 2 aromatic heterocycles. The summed E-state index contributed by atoms with van der Waals surface area (Å²) < 4.78 is 9.00. The van der Waals surface area contributed by atoms with E-state index in [2.05, 4.69) is 199 Å². The molecule has 0 unspecified atom stereocenters. The molecule has 0 aliphatic carbocycles. The summed E-state index contributed by atoms with van der Waals surface area (Å²) in [5.74, 6) is 0. The molecule has 3 heteroatoms. The summed E-state index contributed by atoms with van der Waals surface area (Å²) in [6.45, 7) is 0. The number of nitrogens with zero attached hydrogens (tertiary/aromatic N) is 1. The smallest absolute Gasteiger partial charge is 0.136 e. The summed E-state index contributed by atoms with van der Waals surface area (Å²) in [6.07, 6.45) is 0. The molecule has 0 saturated heterocycles. The SMILES string of the molecule is c1ccc(-c2ccc(N(c3ccc(-c4ccc5c(c4)c(-c4ccccc4)cc4oc6ccccc6c45)cc3)c3ccc4c(c3)sc3ccccc34)cc2)cc1. The molecule has 9 aromatic carbocycles. The molecule has 2 heterocycles. The van der Waals surface area contributed by atoms with Gasteiger partial charge in [0, 0.05) is 48.0 Å². The Morgan fingerprint density at radius 2 is 0.873 bits per heavy atom. The van der Waals surface area contributed by atoms with E-state index in [1.54, 1.807) is 0 Å². The molecule has 0 radical (unpaired) electrons. The second kappa shape index (κ2) is 12.9. The lowest BCUT2D eigenvalue weighted by Crippen LogP contribution is -2.09. The van der Waals surface area contributed by atoms with Crippen LogP contribution in [0.5, 0.6) is 0 Å². The van der Waals surface area contributed by atoms with Crippen molar-refractivity contribution in [2.45, 2.75) is 0 Å². The highest BCUT2D eigenvalue weighted by molar-refractivity contribution is 7.25. The van der Waals surface area contributed by atoms with Crippen LogP contribution in [0.1, 0.15) is 0 Å². The molecular weight excluding hydrogens is 687 g/mol. The van der Waals surface area contributed by atoms with Gasteiger partial charge in [-0.25, -0.2) is 0 Å². The lowest BCUT2D eigenvalue weighted by Gasteiger charge is -2.26. The zero-order valence-corrected chi connectivity index (χ0v) is 30.6. The molecule has 0 amide bonds. The van der Waals surface area contributed by atoms with E-state index in [0.29, 0.717) is 0 Å². The first-order valence-electron chi connectivity index (χ1n) is 18.7. The Balaban J connectivity index is 1.03. The molecule has 11 rings (SSSR count). The van der Waals surface area contributed by atoms with E-state index in [1.165, 1.54) is 64.3 Å². The van der Waals surface area contributed by atoms with Gasteiger partial charge in [-0.1, -0.05) is 140 Å². The van der Waals surface area contributed by atoms with E-state index in [-0.39, 0.29) is 0 Å². The molecule has 2 nitrogen and oxygen atoms in total. The van der Waals surface area contributed by atoms with E-state index >= 15 is 0 Å². The summed E-state index contributed by atoms with van der Waals surface area (Å²) in [7, 11) is 0. The van der Waals surface area contributed by atoms with Crippen molar-refractivity contribution in [1.82, 2.24) is 0 Å². The van der Waals surface area contributed by atoms with Crippen LogP contribution in [0, 0.1) is 0 Å². The molecule has 0 atom stereocenters. The van der Waals surface area contributed by atoms with Gasteiger partial charge in [-0.05, 0) is 105 Å². The zero-order chi connectivity index (χ0) is 36.3. The zero-order valence-electron chi connectivity index (χ0n) is 29.8. The number of thiophene rings is 1. The topological polar surface area (TPSA) is 16.4 Å². The van der Waals surface area contributed by atoms with Gasteiger partial charge >= 0.3 is 0 Å². The molecule has 0 spiro atoms. The predicted octanol–water partition coefficient (Wildman–Crippen LogP) is 15.6. The van der Waals surface area contributed by atoms with Gasteiger partial charge in [-0.2, -0.15) is 0 Å². The standard InChI is InChI=1S/C52H33NOS/c1-3-11-34(12-4-1)35-19-24-39(25-20-35)53(41-28-30-43-42-15-8-10-18-50(42)55-51(43)32-41)40-26-21-36(22-27-40)38-23-29-44-47(31-38)46(37-13-5-2-6-14-37)33-49-52(44)45-16-7-9-17-48(45)54-49/h1-33H. The van der Waals surface area contributed by atoms with Crippen LogP contribution >= 0.6 is 11.3 Å². The van der Waals surface area contributed by atoms with Gasteiger partial charge in [0.05, 0.1) is 0 Å². The third-order valence-electron chi connectivity index (χ3n) is 10.9. The van der Waals surface area contributed by atoms with Gasteiger partial charge in [0.25, 0.3) is 0 Å². The van der Waals surface area contributed by atoms with Crippen molar-refractivity contribution in [3.05, 3.63) is 200 Å². The molecule has 55 heavy (non-hydrogen) atoms. The molecular formula is C52H33NOS. The number of rotatable bonds is 6. The fourth-order valence-corrected chi connectivity index (χ4v) is 9.35. The third-order valence-corrected chi connectivity index (χ3v) is 12.0. The number of benzene rings is 9. The minimum Gasteiger partial charge on any atom is -0.456 e. The first-order valence-corrected chi connectivity index (χ1v) is 19.5. The van der Waals surface area contributed by atoms with Crippen molar-refractivity contribution in [2.24, 2.45) is 0 Å². The summed E-state index contributed by atoms with van der Waals surface area (Å²) in [6, 6.07) is 72.2. The minimum atomic E-state index is 0.912. The number of para-hydroxylation sites is 1. The maximum atomic E-state index is 6.41. The number of hydrogen-bond donors (Lipinski definition) is 0. The van der Waals surface area contributed by atoms with Crippen molar-refractivity contribution >= 4 is 81.3 Å². The minimum absolute atomic E-state index is 0.912. The second-order valence-electron chi connectivity index (χ2n) is 14.1. The number of anilines is 3. The summed E-state index contributed by atoms with van der Waals surface area (Å²) in [5.41, 5.74) is 12.3. The summed E-state index contributed by atoms with van der Waals surface area (Å²) in [4.78, 5) is 2.37. The summed E-state index contributed by atoms with van der Waals surface area (Å²) in [5, 5.41) is 7.32. The van der Waals surface area contributed by atoms with Gasteiger partial charge in [0.1, 0.15) is 11.2 Å². The van der Waals surface area contributed by atoms with Crippen molar-refractivity contribution < 1.29 is 4.42 Å². The normalized spacial score (nSPS) is 11.6. The molecule has 258 valence electrons. The van der Waals surface area contributed by atoms with Crippen molar-refractivity contribution in [3.8, 4) is 33.4 Å². The Morgan fingerprint density at radius 3 is 1.62 bits per heavy atom. The van der Waals surface area contributed by atoms with Gasteiger partial charge in [0.2, 0.25) is 0 Å². The van der Waals surface area contributed by atoms with Crippen LogP contribution in [-0.2, 0) is 0 Å². The third kappa shape index (κ3) is 5.40. The Hall–Kier alpha value is -6.94. The largest absolute Gasteiger partial charge is 0.456 e. The Morgan fingerprint density at radius 1 is 0.327 bits per heavy atom. The monoisotopic (exact) mass is 719 g/mol. The van der Waals surface area contributed by atoms with E-state index in [0.717, 1.165) is 39.0 Å². The molecule has 0 aliphatic rings. The van der Waals surface area contributed by atoms with Crippen molar-refractivity contribution in [3.63, 3.8) is 0 Å². The lowest BCUT2D eigenvalue weighted by atomic mass is 9.92. The van der Waals surface area contributed by atoms with E-state index in [9.17, 15) is 0 Å². The Bertz CT molecular complexity index is 3180. The highest BCUT2D eigenvalue weighted by Crippen LogP contribution is 2.44. The Labute approximate surface area is 322 Å². The average Bonchev–Trinajstić information content (AvgIpc) is 3.82. The van der Waals surface area contributed by atoms with Crippen LogP contribution in [0.3, 0.4) is 0 Å². The highest BCUT2D eigenvalue weighted by atomic mass is 32.1. The molecule has 0 aliphatic heterocycles. The van der Waals surface area contributed by atoms with E-state index < -0.39 is 0 Å². The van der Waals surface area contributed by atoms with Gasteiger partial charge in [0.15, 0.2) is 0 Å². The van der Waals surface area contributed by atoms with Gasteiger partial charge < -0.3 is 9.32 Å². The summed E-state index contributed by atoms with van der Waals surface area (Å²) >= 11 is 1.85. The van der Waals surface area contributed by atoms with Crippen LogP contribution in [0.2, 0.25) is 0 Å². The quantitative estimate of drug-likeness (QED) is 0.170. The van der Waals surface area contributed by atoms with Crippen LogP contribution < -0.4 is 4.90 Å². The fraction of sp³-hybridized carbons (Fsp3) is 0. The average molecular weight is 720 g/mol. The molecule has 0 saturated carbocycles. The number of fused-ring (bicyclic) bond motifs is 8. The van der Waals surface area contributed by atoms with Gasteiger partial charge in [-0.3, -0.25) is 0 Å². The van der Waals surface area contributed by atoms with Crippen LogP contribution in [0.25, 0.3) is 86.3 Å². The number of furan rings is 1. The highest BCUT2D eigenvalue weighted by Gasteiger charge is 2.18. The Kier molecular flexibility index (Phi) is 7.39. The lowest BCUT2D eigenvalue weighted by molar-refractivity contribution is 0.669. The van der Waals surface area contributed by atoms with E-state index in [1.807, 2.05) is 17.4 Å². The predicted molar refractivity (Wildman–Crippen MR) is 235 cm³/mol. The van der Waals surface area contributed by atoms with Crippen LogP contribution in [0.4, 0.5) is 17.1 Å². The molecule has 11 aromatic rings. The maximum absolute atomic E-state index is 6.41. The molecule has 0 N–H and O–H groups in total. The van der Waals surface area contributed by atoms with E-state index in [4.69, 9.17) is 4.42 Å².